The molecule has 0 aliphatic heterocycles. The molecule has 54 valence electrons. The molecule has 1 aliphatic rings. The first-order valence-corrected chi connectivity index (χ1v) is 6.32. The Kier molecular flexibility index (Phi) is 2.06. The van der Waals surface area contributed by atoms with Crippen LogP contribution in [0.25, 0.3) is 0 Å². The van der Waals surface area contributed by atoms with E-state index < -0.39 is 8.87 Å². The van der Waals surface area contributed by atoms with E-state index in [0.717, 1.165) is 16.5 Å². The van der Waals surface area contributed by atoms with Crippen LogP contribution in [0.4, 0.5) is 0 Å². The van der Waals surface area contributed by atoms with Crippen LogP contribution in [0.1, 0.15) is 12.8 Å². The lowest BCUT2D eigenvalue weighted by atomic mass is 10.5. The highest BCUT2D eigenvalue weighted by molar-refractivity contribution is 8.71. The molecule has 1 rings (SSSR count). The molecule has 4 heteroatoms. The lowest BCUT2D eigenvalue weighted by molar-refractivity contribution is 0.615. The zero-order valence-electron chi connectivity index (χ0n) is 5.33. The van der Waals surface area contributed by atoms with Crippen molar-refractivity contribution >= 4 is 19.7 Å². The Bertz CT molecular complexity index is 179. The van der Waals surface area contributed by atoms with Crippen LogP contribution < -0.4 is 0 Å². The Balaban J connectivity index is 2.18. The molecule has 0 aromatic heterocycles. The molecule has 0 atom stereocenters. The highest BCUT2D eigenvalue weighted by Gasteiger charge is 2.22. The maximum atomic E-state index is 10.5. The zero-order valence-corrected chi connectivity index (χ0v) is 6.96. The van der Waals surface area contributed by atoms with Crippen molar-refractivity contribution in [3.8, 4) is 0 Å². The highest BCUT2D eigenvalue weighted by atomic mass is 33.1. The third-order valence-corrected chi connectivity index (χ3v) is 3.94. The van der Waals surface area contributed by atoms with Crippen LogP contribution in [-0.4, -0.2) is 20.4 Å². The van der Waals surface area contributed by atoms with Gasteiger partial charge in [-0.2, -0.15) is 0 Å². The summed E-state index contributed by atoms with van der Waals surface area (Å²) in [5, 5.41) is 0. The van der Waals surface area contributed by atoms with Crippen LogP contribution in [0, 0.1) is 5.92 Å². The second-order valence-corrected chi connectivity index (χ2v) is 6.93. The fourth-order valence-electron chi connectivity index (χ4n) is 0.504. The third kappa shape index (κ3) is 3.81. The molecule has 0 bridgehead atoms. The molecule has 1 fully saturated rings. The van der Waals surface area contributed by atoms with Crippen LogP contribution in [0.15, 0.2) is 0 Å². The van der Waals surface area contributed by atoms with E-state index in [4.69, 9.17) is 0 Å². The first-order chi connectivity index (χ1) is 4.08. The van der Waals surface area contributed by atoms with Gasteiger partial charge in [-0.1, -0.05) is 0 Å². The van der Waals surface area contributed by atoms with E-state index in [0.29, 0.717) is 5.92 Å². The van der Waals surface area contributed by atoms with Gasteiger partial charge in [0.25, 0.3) is 0 Å². The maximum Gasteiger partial charge on any atom is 0.198 e. The van der Waals surface area contributed by atoms with E-state index in [1.807, 2.05) is 0 Å². The molecule has 2 nitrogen and oxygen atoms in total. The molecule has 0 radical (unpaired) electrons. The van der Waals surface area contributed by atoms with Gasteiger partial charge in [-0.05, 0) is 29.6 Å². The van der Waals surface area contributed by atoms with Crippen molar-refractivity contribution in [1.29, 1.82) is 0 Å². The maximum absolute atomic E-state index is 10.5. The number of hydrogen-bond acceptors (Lipinski definition) is 3. The summed E-state index contributed by atoms with van der Waals surface area (Å²) in [4.78, 5) is 0. The topological polar surface area (TPSA) is 34.1 Å². The van der Waals surface area contributed by atoms with Crippen molar-refractivity contribution in [3.05, 3.63) is 0 Å². The molecule has 0 unspecified atom stereocenters. The minimum absolute atomic E-state index is 0.699. The van der Waals surface area contributed by atoms with Gasteiger partial charge in [0, 0.05) is 12.0 Å². The zero-order chi connectivity index (χ0) is 6.91. The summed E-state index contributed by atoms with van der Waals surface area (Å²) in [5.41, 5.74) is 0. The second kappa shape index (κ2) is 2.50. The summed E-state index contributed by atoms with van der Waals surface area (Å²) < 4.78 is 21.1. The summed E-state index contributed by atoms with van der Waals surface area (Å²) in [7, 11) is -1.69. The van der Waals surface area contributed by atoms with Crippen molar-refractivity contribution in [3.63, 3.8) is 0 Å². The average molecular weight is 166 g/mol. The largest absolute Gasteiger partial charge is 0.218 e. The van der Waals surface area contributed by atoms with Crippen LogP contribution in [0.2, 0.25) is 0 Å². The molecule has 0 heterocycles. The Morgan fingerprint density at radius 3 is 2.44 bits per heavy atom. The van der Waals surface area contributed by atoms with Gasteiger partial charge in [0.2, 0.25) is 0 Å². The van der Waals surface area contributed by atoms with Crippen LogP contribution in [0.3, 0.4) is 0 Å². The van der Waals surface area contributed by atoms with E-state index in [1.54, 1.807) is 0 Å². The van der Waals surface area contributed by atoms with Gasteiger partial charge < -0.3 is 0 Å². The minimum atomic E-state index is -2.76. The quantitative estimate of drug-likeness (QED) is 0.589. The Labute approximate surface area is 59.3 Å². The van der Waals surface area contributed by atoms with E-state index in [2.05, 4.69) is 0 Å². The smallest absolute Gasteiger partial charge is 0.198 e. The molecule has 1 aliphatic carbocycles. The summed E-state index contributed by atoms with van der Waals surface area (Å²) in [5.74, 6) is 1.50. The summed E-state index contributed by atoms with van der Waals surface area (Å²) in [6.45, 7) is 0. The van der Waals surface area contributed by atoms with Gasteiger partial charge >= 0.3 is 0 Å². The molecule has 0 aromatic carbocycles. The number of hydrogen-bond donors (Lipinski definition) is 0. The van der Waals surface area contributed by atoms with Gasteiger partial charge in [0.1, 0.15) is 0 Å². The van der Waals surface area contributed by atoms with Crippen LogP contribution in [0.5, 0.6) is 0 Å². The lowest BCUT2D eigenvalue weighted by Gasteiger charge is -1.92. The van der Waals surface area contributed by atoms with E-state index in [1.165, 1.54) is 19.1 Å². The molecular formula is C5H10O2S2. The van der Waals surface area contributed by atoms with Crippen LogP contribution in [-0.2, 0) is 8.87 Å². The third-order valence-electron chi connectivity index (χ3n) is 1.21. The summed E-state index contributed by atoms with van der Waals surface area (Å²) in [6.07, 6.45) is 3.71. The van der Waals surface area contributed by atoms with Gasteiger partial charge in [-0.15, -0.1) is 0 Å². The Hall–Kier alpha value is 0.300. The van der Waals surface area contributed by atoms with E-state index in [9.17, 15) is 8.42 Å². The predicted molar refractivity (Wildman–Crippen MR) is 40.0 cm³/mol. The van der Waals surface area contributed by atoms with E-state index in [-0.39, 0.29) is 0 Å². The summed E-state index contributed by atoms with van der Waals surface area (Å²) in [6, 6.07) is 0. The van der Waals surface area contributed by atoms with Gasteiger partial charge in [0.05, 0.1) is 0 Å². The standard InChI is InChI=1S/C5H10O2S2/c1-9(6,7)8-4-5-2-3-5/h5H,2-4H2,1H3. The van der Waals surface area contributed by atoms with Crippen molar-refractivity contribution in [2.75, 3.05) is 12.0 Å². The molecule has 1 saturated carbocycles. The first-order valence-electron chi connectivity index (χ1n) is 2.92. The molecule has 0 amide bonds. The molecule has 9 heavy (non-hydrogen) atoms. The monoisotopic (exact) mass is 166 g/mol. The van der Waals surface area contributed by atoms with Crippen molar-refractivity contribution in [2.24, 2.45) is 5.92 Å². The summed E-state index contributed by atoms with van der Waals surface area (Å²) >= 11 is 0. The average Bonchev–Trinajstić information content (AvgIpc) is 2.38. The van der Waals surface area contributed by atoms with Crippen molar-refractivity contribution in [2.45, 2.75) is 12.8 Å². The molecular weight excluding hydrogens is 156 g/mol. The molecule has 0 N–H and O–H groups in total. The normalized spacial score (nSPS) is 20.1. The lowest BCUT2D eigenvalue weighted by Crippen LogP contribution is -1.91. The van der Waals surface area contributed by atoms with Crippen LogP contribution >= 0.6 is 10.8 Å². The Morgan fingerprint density at radius 1 is 1.56 bits per heavy atom. The second-order valence-electron chi connectivity index (χ2n) is 2.43. The highest BCUT2D eigenvalue weighted by Crippen LogP contribution is 2.33. The SMILES string of the molecule is CS(=O)(=O)SCC1CC1. The number of rotatable bonds is 3. The van der Waals surface area contributed by atoms with Gasteiger partial charge in [-0.3, -0.25) is 0 Å². The predicted octanol–water partition coefficient (Wildman–Crippen LogP) is 1.09. The molecule has 0 aromatic rings. The minimum Gasteiger partial charge on any atom is -0.218 e. The fourth-order valence-corrected chi connectivity index (χ4v) is 2.60. The van der Waals surface area contributed by atoms with Crippen molar-refractivity contribution in [1.82, 2.24) is 0 Å². The van der Waals surface area contributed by atoms with E-state index >= 15 is 0 Å². The fraction of sp³-hybridized carbons (Fsp3) is 1.00. The molecule has 0 spiro atoms. The van der Waals surface area contributed by atoms with Gasteiger partial charge in [0.15, 0.2) is 8.87 Å². The Morgan fingerprint density at radius 2 is 2.11 bits per heavy atom. The van der Waals surface area contributed by atoms with Crippen molar-refractivity contribution < 1.29 is 8.42 Å². The van der Waals surface area contributed by atoms with Gasteiger partial charge in [-0.25, -0.2) is 8.42 Å². The molecule has 0 saturated heterocycles. The first kappa shape index (κ1) is 7.41.